The number of hydrogen-bond donors (Lipinski definition) is 1. The third-order valence-corrected chi connectivity index (χ3v) is 6.06. The number of rotatable bonds is 7. The molecule has 1 aromatic carbocycles. The predicted molar refractivity (Wildman–Crippen MR) is 122 cm³/mol. The van der Waals surface area contributed by atoms with Crippen molar-refractivity contribution in [2.75, 3.05) is 12.8 Å². The van der Waals surface area contributed by atoms with Gasteiger partial charge in [0.2, 0.25) is 5.91 Å². The topological polar surface area (TPSA) is 81.9 Å². The molecule has 0 aliphatic heterocycles. The zero-order chi connectivity index (χ0) is 21.8. The highest BCUT2D eigenvalue weighted by Crippen LogP contribution is 2.32. The molecule has 0 bridgehead atoms. The Hall–Kier alpha value is -3.10. The largest absolute Gasteiger partial charge is 0.487 e. The van der Waals surface area contributed by atoms with E-state index in [1.54, 1.807) is 32.0 Å². The molecule has 158 valence electrons. The summed E-state index contributed by atoms with van der Waals surface area (Å²) in [6.45, 7) is 2.18. The van der Waals surface area contributed by atoms with Crippen molar-refractivity contribution in [1.82, 2.24) is 24.8 Å². The molecule has 3 aromatic heterocycles. The van der Waals surface area contributed by atoms with Crippen LogP contribution in [0.2, 0.25) is 5.02 Å². The number of benzene rings is 1. The van der Waals surface area contributed by atoms with Gasteiger partial charge in [-0.15, -0.1) is 11.8 Å². The van der Waals surface area contributed by atoms with Crippen LogP contribution in [0, 0.1) is 6.92 Å². The van der Waals surface area contributed by atoms with Crippen LogP contribution in [-0.4, -0.2) is 38.2 Å². The highest BCUT2D eigenvalue weighted by atomic mass is 35.5. The zero-order valence-corrected chi connectivity index (χ0v) is 18.6. The van der Waals surface area contributed by atoms with Crippen LogP contribution in [0.5, 0.6) is 5.75 Å². The average molecular weight is 454 g/mol. The summed E-state index contributed by atoms with van der Waals surface area (Å²) < 4.78 is 8.13. The molecule has 0 fully saturated rings. The second-order valence-corrected chi connectivity index (χ2v) is 8.18. The smallest absolute Gasteiger partial charge is 0.230 e. The number of ether oxygens (including phenoxy) is 1. The number of aryl methyl sites for hydroxylation is 1. The second-order valence-electron chi connectivity index (χ2n) is 6.75. The predicted octanol–water partition coefficient (Wildman–Crippen LogP) is 4.19. The molecular formula is C22H20ClN5O2S. The lowest BCUT2D eigenvalue weighted by atomic mass is 10.1. The molecule has 0 aliphatic carbocycles. The van der Waals surface area contributed by atoms with E-state index >= 15 is 0 Å². The lowest BCUT2D eigenvalue weighted by Crippen LogP contribution is -2.19. The van der Waals surface area contributed by atoms with Crippen LogP contribution in [0.4, 0.5) is 0 Å². The molecule has 0 spiro atoms. The fourth-order valence-corrected chi connectivity index (χ4v) is 4.31. The number of halogens is 1. The number of imidazole rings is 1. The van der Waals surface area contributed by atoms with E-state index in [4.69, 9.17) is 21.3 Å². The number of aromatic nitrogens is 4. The number of nitrogens with one attached hydrogen (secondary N) is 1. The number of pyridine rings is 2. The summed E-state index contributed by atoms with van der Waals surface area (Å²) in [5, 5.41) is 4.06. The SMILES string of the molecule is CNC(=O)CSc1cncc(Cl)c1COc1cccc2c(-n3ccnc3)cc(C)nc12. The van der Waals surface area contributed by atoms with Crippen molar-refractivity contribution < 1.29 is 9.53 Å². The first-order chi connectivity index (χ1) is 15.1. The minimum atomic E-state index is -0.0717. The average Bonchev–Trinajstić information content (AvgIpc) is 3.31. The Balaban J connectivity index is 1.66. The zero-order valence-electron chi connectivity index (χ0n) is 17.0. The summed E-state index contributed by atoms with van der Waals surface area (Å²) in [5.41, 5.74) is 3.39. The van der Waals surface area contributed by atoms with Gasteiger partial charge in [-0.2, -0.15) is 0 Å². The number of carbonyl (C=O) groups is 1. The number of carbonyl (C=O) groups excluding carboxylic acids is 1. The maximum atomic E-state index is 11.6. The molecule has 0 aliphatic rings. The number of fused-ring (bicyclic) bond motifs is 1. The van der Waals surface area contributed by atoms with Gasteiger partial charge in [0.25, 0.3) is 0 Å². The number of nitrogens with zero attached hydrogens (tertiary/aromatic N) is 4. The van der Waals surface area contributed by atoms with Crippen molar-refractivity contribution in [1.29, 1.82) is 0 Å². The van der Waals surface area contributed by atoms with Crippen molar-refractivity contribution in [2.45, 2.75) is 18.4 Å². The summed E-state index contributed by atoms with van der Waals surface area (Å²) in [6.07, 6.45) is 8.67. The summed E-state index contributed by atoms with van der Waals surface area (Å²) in [4.78, 5) is 25.4. The van der Waals surface area contributed by atoms with E-state index in [1.165, 1.54) is 11.8 Å². The standard InChI is InChI=1S/C22H20ClN5O2S/c1-14-8-18(28-7-6-25-13-28)15-4-3-5-19(22(15)27-14)30-11-16-17(23)9-26-10-20(16)31-12-21(29)24-2/h3-10,13H,11-12H2,1-2H3,(H,24,29). The Labute approximate surface area is 188 Å². The van der Waals surface area contributed by atoms with Crippen LogP contribution in [-0.2, 0) is 11.4 Å². The Morgan fingerprint density at radius 3 is 2.94 bits per heavy atom. The van der Waals surface area contributed by atoms with Crippen LogP contribution >= 0.6 is 23.4 Å². The first kappa shape index (κ1) is 21.1. The van der Waals surface area contributed by atoms with E-state index in [0.717, 1.165) is 32.7 Å². The number of para-hydroxylation sites is 1. The van der Waals surface area contributed by atoms with E-state index < -0.39 is 0 Å². The molecule has 1 N–H and O–H groups in total. The fourth-order valence-electron chi connectivity index (χ4n) is 3.13. The van der Waals surface area contributed by atoms with Crippen LogP contribution < -0.4 is 10.1 Å². The van der Waals surface area contributed by atoms with Crippen molar-refractivity contribution in [3.8, 4) is 11.4 Å². The van der Waals surface area contributed by atoms with E-state index in [9.17, 15) is 4.79 Å². The van der Waals surface area contributed by atoms with Gasteiger partial charge in [-0.3, -0.25) is 9.78 Å². The molecular weight excluding hydrogens is 434 g/mol. The van der Waals surface area contributed by atoms with Gasteiger partial charge in [0, 0.05) is 53.4 Å². The van der Waals surface area contributed by atoms with Crippen molar-refractivity contribution in [2.24, 2.45) is 0 Å². The van der Waals surface area contributed by atoms with E-state index in [1.807, 2.05) is 42.0 Å². The molecule has 9 heteroatoms. The van der Waals surface area contributed by atoms with Crippen LogP contribution in [0.3, 0.4) is 0 Å². The monoisotopic (exact) mass is 453 g/mol. The Morgan fingerprint density at radius 2 is 2.16 bits per heavy atom. The van der Waals surface area contributed by atoms with Gasteiger partial charge in [0.15, 0.2) is 0 Å². The third kappa shape index (κ3) is 4.65. The molecule has 31 heavy (non-hydrogen) atoms. The highest BCUT2D eigenvalue weighted by molar-refractivity contribution is 8.00. The van der Waals surface area contributed by atoms with Gasteiger partial charge in [0.1, 0.15) is 17.9 Å². The summed E-state index contributed by atoms with van der Waals surface area (Å²) in [5.74, 6) is 0.852. The minimum absolute atomic E-state index is 0.0717. The Bertz CT molecular complexity index is 1230. The first-order valence-corrected chi connectivity index (χ1v) is 10.9. The molecule has 4 rings (SSSR count). The minimum Gasteiger partial charge on any atom is -0.487 e. The first-order valence-electron chi connectivity index (χ1n) is 9.54. The number of thioether (sulfide) groups is 1. The quantitative estimate of drug-likeness (QED) is 0.422. The summed E-state index contributed by atoms with van der Waals surface area (Å²) in [7, 11) is 1.61. The maximum Gasteiger partial charge on any atom is 0.230 e. The molecule has 3 heterocycles. The van der Waals surface area contributed by atoms with Crippen molar-refractivity contribution >= 4 is 40.2 Å². The highest BCUT2D eigenvalue weighted by Gasteiger charge is 2.14. The molecule has 0 saturated carbocycles. The van der Waals surface area contributed by atoms with Crippen molar-refractivity contribution in [3.63, 3.8) is 0 Å². The maximum absolute atomic E-state index is 11.6. The van der Waals surface area contributed by atoms with Crippen molar-refractivity contribution in [3.05, 3.63) is 71.7 Å². The normalized spacial score (nSPS) is 10.9. The van der Waals surface area contributed by atoms with Crippen LogP contribution in [0.25, 0.3) is 16.6 Å². The lowest BCUT2D eigenvalue weighted by molar-refractivity contribution is -0.118. The molecule has 0 radical (unpaired) electrons. The molecule has 1 amide bonds. The van der Waals surface area contributed by atoms with Gasteiger partial charge >= 0.3 is 0 Å². The van der Waals surface area contributed by atoms with Crippen LogP contribution in [0.15, 0.2) is 60.3 Å². The third-order valence-electron chi connectivity index (χ3n) is 4.67. The summed E-state index contributed by atoms with van der Waals surface area (Å²) in [6, 6.07) is 7.85. The van der Waals surface area contributed by atoms with Gasteiger partial charge in [-0.1, -0.05) is 23.7 Å². The van der Waals surface area contributed by atoms with Gasteiger partial charge < -0.3 is 14.6 Å². The van der Waals surface area contributed by atoms with E-state index in [-0.39, 0.29) is 18.3 Å². The lowest BCUT2D eigenvalue weighted by Gasteiger charge is -2.15. The molecule has 0 atom stereocenters. The Kier molecular flexibility index (Phi) is 6.39. The number of amides is 1. The second kappa shape index (κ2) is 9.36. The van der Waals surface area contributed by atoms with E-state index in [2.05, 4.69) is 15.3 Å². The van der Waals surface area contributed by atoms with Gasteiger partial charge in [0.05, 0.1) is 22.8 Å². The molecule has 4 aromatic rings. The van der Waals surface area contributed by atoms with Gasteiger partial charge in [-0.25, -0.2) is 9.97 Å². The fraction of sp³-hybridized carbons (Fsp3) is 0.182. The molecule has 0 saturated heterocycles. The Morgan fingerprint density at radius 1 is 1.29 bits per heavy atom. The molecule has 7 nitrogen and oxygen atoms in total. The summed E-state index contributed by atoms with van der Waals surface area (Å²) >= 11 is 7.77. The van der Waals surface area contributed by atoms with Gasteiger partial charge in [-0.05, 0) is 19.1 Å². The molecule has 0 unspecified atom stereocenters. The van der Waals surface area contributed by atoms with E-state index in [0.29, 0.717) is 10.8 Å². The number of hydrogen-bond acceptors (Lipinski definition) is 6. The van der Waals surface area contributed by atoms with Crippen LogP contribution in [0.1, 0.15) is 11.3 Å².